The van der Waals surface area contributed by atoms with E-state index in [4.69, 9.17) is 17.3 Å². The van der Waals surface area contributed by atoms with Crippen LogP contribution in [0.3, 0.4) is 0 Å². The van der Waals surface area contributed by atoms with E-state index < -0.39 is 0 Å². The average molecular weight is 298 g/mol. The second-order valence-corrected chi connectivity index (χ2v) is 4.86. The fourth-order valence-electron chi connectivity index (χ4n) is 1.80. The summed E-state index contributed by atoms with van der Waals surface area (Å²) in [5, 5.41) is 5.77. The van der Waals surface area contributed by atoms with E-state index in [1.807, 2.05) is 13.8 Å². The van der Waals surface area contributed by atoms with Crippen molar-refractivity contribution in [3.05, 3.63) is 23.2 Å². The summed E-state index contributed by atoms with van der Waals surface area (Å²) in [6.45, 7) is 3.85. The molecule has 0 heterocycles. The number of benzene rings is 1. The van der Waals surface area contributed by atoms with Crippen molar-refractivity contribution >= 4 is 34.8 Å². The van der Waals surface area contributed by atoms with Crippen LogP contribution in [0.2, 0.25) is 5.02 Å². The van der Waals surface area contributed by atoms with Crippen LogP contribution >= 0.6 is 11.6 Å². The number of rotatable bonds is 6. The molecule has 0 atom stereocenters. The van der Waals surface area contributed by atoms with E-state index in [2.05, 4.69) is 10.6 Å². The number of carbonyl (C=O) groups is 2. The Morgan fingerprint density at radius 3 is 2.40 bits per heavy atom. The smallest absolute Gasteiger partial charge is 0.238 e. The van der Waals surface area contributed by atoms with Crippen LogP contribution in [-0.4, -0.2) is 18.4 Å². The molecule has 2 amide bonds. The van der Waals surface area contributed by atoms with Crippen LogP contribution in [0.25, 0.3) is 0 Å². The van der Waals surface area contributed by atoms with Gasteiger partial charge >= 0.3 is 0 Å². The van der Waals surface area contributed by atoms with Gasteiger partial charge in [-0.1, -0.05) is 25.4 Å². The third-order valence-electron chi connectivity index (χ3n) is 3.05. The van der Waals surface area contributed by atoms with Gasteiger partial charge in [-0.3, -0.25) is 9.59 Å². The van der Waals surface area contributed by atoms with E-state index >= 15 is 0 Å². The van der Waals surface area contributed by atoms with Crippen molar-refractivity contribution in [2.45, 2.75) is 26.7 Å². The van der Waals surface area contributed by atoms with Gasteiger partial charge in [-0.2, -0.15) is 0 Å². The molecule has 0 aromatic heterocycles. The molecule has 0 spiro atoms. The quantitative estimate of drug-likeness (QED) is 0.754. The summed E-state index contributed by atoms with van der Waals surface area (Å²) in [7, 11) is 0. The second kappa shape index (κ2) is 7.87. The molecule has 0 saturated carbocycles. The lowest BCUT2D eigenvalue weighted by Gasteiger charge is -2.14. The van der Waals surface area contributed by atoms with Crippen molar-refractivity contribution in [3.8, 4) is 0 Å². The third kappa shape index (κ3) is 4.51. The molecule has 1 rings (SSSR count). The molecule has 1 aromatic carbocycles. The van der Waals surface area contributed by atoms with Crippen molar-refractivity contribution in [1.82, 2.24) is 0 Å². The van der Waals surface area contributed by atoms with E-state index in [0.717, 1.165) is 12.8 Å². The van der Waals surface area contributed by atoms with Gasteiger partial charge in [0.05, 0.1) is 17.3 Å². The number of nitrogens with one attached hydrogen (secondary N) is 2. The minimum Gasteiger partial charge on any atom is -0.325 e. The van der Waals surface area contributed by atoms with Gasteiger partial charge in [0.2, 0.25) is 11.8 Å². The summed E-state index contributed by atoms with van der Waals surface area (Å²) < 4.78 is 0. The van der Waals surface area contributed by atoms with Crippen molar-refractivity contribution < 1.29 is 9.59 Å². The van der Waals surface area contributed by atoms with Gasteiger partial charge < -0.3 is 16.4 Å². The van der Waals surface area contributed by atoms with Gasteiger partial charge in [0.15, 0.2) is 0 Å². The maximum Gasteiger partial charge on any atom is 0.238 e. The number of hydrogen-bond acceptors (Lipinski definition) is 3. The highest BCUT2D eigenvalue weighted by Crippen LogP contribution is 2.26. The molecule has 0 fully saturated rings. The van der Waals surface area contributed by atoms with Gasteiger partial charge in [-0.15, -0.1) is 0 Å². The van der Waals surface area contributed by atoms with E-state index in [9.17, 15) is 9.59 Å². The zero-order valence-electron chi connectivity index (χ0n) is 11.7. The third-order valence-corrected chi connectivity index (χ3v) is 3.37. The Labute approximate surface area is 123 Å². The molecule has 0 aliphatic carbocycles. The lowest BCUT2D eigenvalue weighted by molar-refractivity contribution is -0.120. The van der Waals surface area contributed by atoms with Crippen LogP contribution in [-0.2, 0) is 9.59 Å². The molecule has 5 nitrogen and oxygen atoms in total. The van der Waals surface area contributed by atoms with E-state index in [1.165, 1.54) is 0 Å². The Kier molecular flexibility index (Phi) is 6.48. The lowest BCUT2D eigenvalue weighted by Crippen LogP contribution is -2.22. The van der Waals surface area contributed by atoms with Crippen LogP contribution in [0.4, 0.5) is 11.4 Å². The molecule has 4 N–H and O–H groups in total. The van der Waals surface area contributed by atoms with Gasteiger partial charge in [0.25, 0.3) is 0 Å². The van der Waals surface area contributed by atoms with E-state index in [0.29, 0.717) is 16.4 Å². The Hall–Kier alpha value is -1.59. The lowest BCUT2D eigenvalue weighted by atomic mass is 10.0. The minimum atomic E-state index is -0.296. The summed E-state index contributed by atoms with van der Waals surface area (Å²) in [5.41, 5.74) is 6.30. The van der Waals surface area contributed by atoms with Crippen molar-refractivity contribution in [1.29, 1.82) is 0 Å². The monoisotopic (exact) mass is 297 g/mol. The molecule has 0 saturated heterocycles. The van der Waals surface area contributed by atoms with Crippen molar-refractivity contribution in [2.75, 3.05) is 17.2 Å². The molecule has 0 unspecified atom stereocenters. The predicted molar refractivity (Wildman–Crippen MR) is 81.8 cm³/mol. The normalized spacial score (nSPS) is 10.4. The zero-order chi connectivity index (χ0) is 15.1. The Morgan fingerprint density at radius 2 is 1.90 bits per heavy atom. The van der Waals surface area contributed by atoms with Gasteiger partial charge in [-0.05, 0) is 31.0 Å². The summed E-state index contributed by atoms with van der Waals surface area (Å²) in [6, 6.07) is 4.91. The van der Waals surface area contributed by atoms with Crippen LogP contribution in [0.5, 0.6) is 0 Å². The van der Waals surface area contributed by atoms with Gasteiger partial charge in [0.1, 0.15) is 0 Å². The highest BCUT2D eigenvalue weighted by molar-refractivity contribution is 6.34. The molecule has 0 aliphatic heterocycles. The van der Waals surface area contributed by atoms with Crippen molar-refractivity contribution in [2.24, 2.45) is 11.7 Å². The molecule has 1 aromatic rings. The predicted octanol–water partition coefficient (Wildman–Crippen LogP) is 2.61. The standard InChI is InChI=1S/C14H20ClN3O2/c1-3-9(4-2)14(20)18-12-6-5-10(7-11(12)15)17-13(19)8-16/h5-7,9H,3-4,8,16H2,1-2H3,(H,17,19)(H,18,20). The summed E-state index contributed by atoms with van der Waals surface area (Å²) in [5.74, 6) is -0.367. The second-order valence-electron chi connectivity index (χ2n) is 4.45. The molecular weight excluding hydrogens is 278 g/mol. The van der Waals surface area contributed by atoms with Gasteiger partial charge in [-0.25, -0.2) is 0 Å². The SMILES string of the molecule is CCC(CC)C(=O)Nc1ccc(NC(=O)CN)cc1Cl. The molecule has 0 aliphatic rings. The number of anilines is 2. The molecule has 0 bridgehead atoms. The maximum absolute atomic E-state index is 12.0. The van der Waals surface area contributed by atoms with E-state index in [1.54, 1.807) is 18.2 Å². The number of hydrogen-bond donors (Lipinski definition) is 3. The van der Waals surface area contributed by atoms with Crippen LogP contribution in [0.15, 0.2) is 18.2 Å². The topological polar surface area (TPSA) is 84.2 Å². The first-order chi connectivity index (χ1) is 9.51. The van der Waals surface area contributed by atoms with Crippen LogP contribution in [0.1, 0.15) is 26.7 Å². The van der Waals surface area contributed by atoms with E-state index in [-0.39, 0.29) is 24.3 Å². The Balaban J connectivity index is 2.78. The molecule has 0 radical (unpaired) electrons. The minimum absolute atomic E-state index is 0.0253. The zero-order valence-corrected chi connectivity index (χ0v) is 12.5. The number of carbonyl (C=O) groups excluding carboxylic acids is 2. The van der Waals surface area contributed by atoms with Crippen LogP contribution in [0, 0.1) is 5.92 Å². The highest BCUT2D eigenvalue weighted by atomic mass is 35.5. The first-order valence-electron chi connectivity index (χ1n) is 6.62. The number of amides is 2. The van der Waals surface area contributed by atoms with Crippen LogP contribution < -0.4 is 16.4 Å². The first kappa shape index (κ1) is 16.5. The Bertz CT molecular complexity index is 487. The first-order valence-corrected chi connectivity index (χ1v) is 6.99. The Morgan fingerprint density at radius 1 is 1.25 bits per heavy atom. The summed E-state index contributed by atoms with van der Waals surface area (Å²) >= 11 is 6.09. The summed E-state index contributed by atoms with van der Waals surface area (Å²) in [6.07, 6.45) is 1.56. The largest absolute Gasteiger partial charge is 0.325 e. The highest BCUT2D eigenvalue weighted by Gasteiger charge is 2.15. The molecule has 110 valence electrons. The summed E-state index contributed by atoms with van der Waals surface area (Å²) in [4.78, 5) is 23.2. The maximum atomic E-state index is 12.0. The number of nitrogens with two attached hydrogens (primary N) is 1. The fraction of sp³-hybridized carbons (Fsp3) is 0.429. The molecule has 20 heavy (non-hydrogen) atoms. The van der Waals surface area contributed by atoms with Gasteiger partial charge in [0, 0.05) is 11.6 Å². The molecular formula is C14H20ClN3O2. The number of halogens is 1. The van der Waals surface area contributed by atoms with Crippen molar-refractivity contribution in [3.63, 3.8) is 0 Å². The average Bonchev–Trinajstić information content (AvgIpc) is 2.43. The fourth-order valence-corrected chi connectivity index (χ4v) is 2.03. The molecule has 6 heteroatoms.